The van der Waals surface area contributed by atoms with Crippen LogP contribution in [0.5, 0.6) is 0 Å². The fourth-order valence-electron chi connectivity index (χ4n) is 2.11. The maximum Gasteiger partial charge on any atom is 0.303 e. The molecular formula is C16H24O2. The topological polar surface area (TPSA) is 37.3 Å². The van der Waals surface area contributed by atoms with Gasteiger partial charge in [0.1, 0.15) is 0 Å². The minimum absolute atomic E-state index is 0.215. The molecule has 0 saturated carbocycles. The summed E-state index contributed by atoms with van der Waals surface area (Å²) in [6, 6.07) is 8.56. The smallest absolute Gasteiger partial charge is 0.303 e. The van der Waals surface area contributed by atoms with Gasteiger partial charge in [0.05, 0.1) is 0 Å². The van der Waals surface area contributed by atoms with Gasteiger partial charge in [0.15, 0.2) is 0 Å². The van der Waals surface area contributed by atoms with E-state index in [1.54, 1.807) is 0 Å². The van der Waals surface area contributed by atoms with Gasteiger partial charge in [-0.15, -0.1) is 0 Å². The van der Waals surface area contributed by atoms with Crippen molar-refractivity contribution in [3.05, 3.63) is 35.4 Å². The van der Waals surface area contributed by atoms with Crippen molar-refractivity contribution in [2.45, 2.75) is 46.5 Å². The molecule has 0 radical (unpaired) electrons. The lowest BCUT2D eigenvalue weighted by Gasteiger charge is -2.19. The van der Waals surface area contributed by atoms with Gasteiger partial charge in [-0.1, -0.05) is 52.0 Å². The molecule has 100 valence electrons. The normalized spacial score (nSPS) is 13.0. The molecule has 2 heteroatoms. The van der Waals surface area contributed by atoms with Gasteiger partial charge in [0.25, 0.3) is 0 Å². The fraction of sp³-hybridized carbons (Fsp3) is 0.562. The maximum atomic E-state index is 10.8. The monoisotopic (exact) mass is 248 g/mol. The summed E-state index contributed by atoms with van der Waals surface area (Å²) in [6.45, 7) is 8.54. The molecule has 0 aliphatic rings. The number of benzene rings is 1. The van der Waals surface area contributed by atoms with Crippen molar-refractivity contribution >= 4 is 5.97 Å². The van der Waals surface area contributed by atoms with Gasteiger partial charge in [0, 0.05) is 6.42 Å². The van der Waals surface area contributed by atoms with Crippen molar-refractivity contribution in [1.29, 1.82) is 0 Å². The minimum Gasteiger partial charge on any atom is -0.481 e. The van der Waals surface area contributed by atoms with Crippen LogP contribution in [0.15, 0.2) is 24.3 Å². The van der Waals surface area contributed by atoms with E-state index in [0.717, 1.165) is 6.42 Å². The molecule has 0 aromatic heterocycles. The number of carboxylic acids is 1. The highest BCUT2D eigenvalue weighted by atomic mass is 16.4. The third-order valence-electron chi connectivity index (χ3n) is 3.52. The van der Waals surface area contributed by atoms with Crippen molar-refractivity contribution in [3.8, 4) is 0 Å². The van der Waals surface area contributed by atoms with Gasteiger partial charge in [0.2, 0.25) is 0 Å². The fourth-order valence-corrected chi connectivity index (χ4v) is 2.11. The molecule has 0 aliphatic heterocycles. The Labute approximate surface area is 110 Å². The number of carbonyl (C=O) groups is 1. The SMILES string of the molecule is CC(C)c1ccc(CC(CC(=O)O)C(C)C)cc1. The average Bonchev–Trinajstić information content (AvgIpc) is 2.28. The van der Waals surface area contributed by atoms with Crippen LogP contribution in [0.1, 0.15) is 51.2 Å². The van der Waals surface area contributed by atoms with Crippen LogP contribution in [0, 0.1) is 11.8 Å². The van der Waals surface area contributed by atoms with Crippen LogP contribution >= 0.6 is 0 Å². The highest BCUT2D eigenvalue weighted by Gasteiger charge is 2.17. The Morgan fingerprint density at radius 2 is 1.67 bits per heavy atom. The van der Waals surface area contributed by atoms with Crippen molar-refractivity contribution in [2.24, 2.45) is 11.8 Å². The number of rotatable bonds is 6. The lowest BCUT2D eigenvalue weighted by atomic mass is 9.86. The van der Waals surface area contributed by atoms with Crippen molar-refractivity contribution in [3.63, 3.8) is 0 Å². The maximum absolute atomic E-state index is 10.8. The number of aliphatic carboxylic acids is 1. The Bertz CT molecular complexity index is 377. The van der Waals surface area contributed by atoms with Gasteiger partial charge in [-0.05, 0) is 35.3 Å². The molecule has 0 aliphatic carbocycles. The van der Waals surface area contributed by atoms with Crippen molar-refractivity contribution in [2.75, 3.05) is 0 Å². The quantitative estimate of drug-likeness (QED) is 0.823. The molecule has 1 N–H and O–H groups in total. The predicted octanol–water partition coefficient (Wildman–Crippen LogP) is 4.10. The first kappa shape index (κ1) is 14.7. The second kappa shape index (κ2) is 6.58. The molecule has 1 aromatic carbocycles. The summed E-state index contributed by atoms with van der Waals surface area (Å²) in [7, 11) is 0. The molecule has 0 saturated heterocycles. The lowest BCUT2D eigenvalue weighted by molar-refractivity contribution is -0.138. The molecule has 0 bridgehead atoms. The Hall–Kier alpha value is -1.31. The molecule has 0 heterocycles. The molecule has 1 atom stereocenters. The van der Waals surface area contributed by atoms with E-state index in [0.29, 0.717) is 11.8 Å². The van der Waals surface area contributed by atoms with Crippen molar-refractivity contribution < 1.29 is 9.90 Å². The highest BCUT2D eigenvalue weighted by Crippen LogP contribution is 2.22. The molecule has 1 unspecified atom stereocenters. The van der Waals surface area contributed by atoms with E-state index in [4.69, 9.17) is 5.11 Å². The van der Waals surface area contributed by atoms with E-state index >= 15 is 0 Å². The Kier molecular flexibility index (Phi) is 5.39. The van der Waals surface area contributed by atoms with Crippen LogP contribution in [-0.2, 0) is 11.2 Å². The zero-order chi connectivity index (χ0) is 13.7. The highest BCUT2D eigenvalue weighted by molar-refractivity contribution is 5.67. The third kappa shape index (κ3) is 4.52. The van der Waals surface area contributed by atoms with Crippen LogP contribution < -0.4 is 0 Å². The molecule has 18 heavy (non-hydrogen) atoms. The largest absolute Gasteiger partial charge is 0.481 e. The third-order valence-corrected chi connectivity index (χ3v) is 3.52. The summed E-state index contributed by atoms with van der Waals surface area (Å²) >= 11 is 0. The molecule has 0 fully saturated rings. The standard InChI is InChI=1S/C16H24O2/c1-11(2)14-7-5-13(6-8-14)9-15(12(3)4)10-16(17)18/h5-8,11-12,15H,9-10H2,1-4H3,(H,17,18). The second-order valence-corrected chi connectivity index (χ2v) is 5.70. The van der Waals surface area contributed by atoms with Crippen LogP contribution in [0.4, 0.5) is 0 Å². The molecule has 0 spiro atoms. The number of hydrogen-bond acceptors (Lipinski definition) is 1. The summed E-state index contributed by atoms with van der Waals surface area (Å²) in [4.78, 5) is 10.8. The Balaban J connectivity index is 2.72. The van der Waals surface area contributed by atoms with E-state index in [1.807, 2.05) is 0 Å². The van der Waals surface area contributed by atoms with E-state index < -0.39 is 5.97 Å². The summed E-state index contributed by atoms with van der Waals surface area (Å²) < 4.78 is 0. The predicted molar refractivity (Wildman–Crippen MR) is 74.8 cm³/mol. The van der Waals surface area contributed by atoms with Crippen LogP contribution in [0.3, 0.4) is 0 Å². The van der Waals surface area contributed by atoms with Gasteiger partial charge in [-0.2, -0.15) is 0 Å². The summed E-state index contributed by atoms with van der Waals surface area (Å²) in [5, 5.41) is 8.93. The second-order valence-electron chi connectivity index (χ2n) is 5.70. The zero-order valence-corrected chi connectivity index (χ0v) is 11.8. The van der Waals surface area contributed by atoms with Gasteiger partial charge in [-0.25, -0.2) is 0 Å². The van der Waals surface area contributed by atoms with Gasteiger partial charge < -0.3 is 5.11 Å². The molecular weight excluding hydrogens is 224 g/mol. The van der Waals surface area contributed by atoms with E-state index in [2.05, 4.69) is 52.0 Å². The zero-order valence-electron chi connectivity index (χ0n) is 11.8. The summed E-state index contributed by atoms with van der Waals surface area (Å²) in [6.07, 6.45) is 1.10. The average molecular weight is 248 g/mol. The van der Waals surface area contributed by atoms with E-state index in [9.17, 15) is 4.79 Å². The number of hydrogen-bond donors (Lipinski definition) is 1. The van der Waals surface area contributed by atoms with Crippen LogP contribution in [0.2, 0.25) is 0 Å². The van der Waals surface area contributed by atoms with Crippen LogP contribution in [0.25, 0.3) is 0 Å². The van der Waals surface area contributed by atoms with Gasteiger partial charge in [-0.3, -0.25) is 4.79 Å². The summed E-state index contributed by atoms with van der Waals surface area (Å²) in [5.41, 5.74) is 2.57. The molecule has 2 nitrogen and oxygen atoms in total. The van der Waals surface area contributed by atoms with Gasteiger partial charge >= 0.3 is 5.97 Å². The first-order chi connectivity index (χ1) is 8.40. The summed E-state index contributed by atoms with van der Waals surface area (Å²) in [5.74, 6) is 0.449. The Morgan fingerprint density at radius 1 is 1.11 bits per heavy atom. The lowest BCUT2D eigenvalue weighted by Crippen LogP contribution is -2.16. The van der Waals surface area contributed by atoms with Crippen LogP contribution in [-0.4, -0.2) is 11.1 Å². The molecule has 0 amide bonds. The van der Waals surface area contributed by atoms with E-state index in [-0.39, 0.29) is 12.3 Å². The Morgan fingerprint density at radius 3 is 2.06 bits per heavy atom. The molecule has 1 aromatic rings. The first-order valence-electron chi connectivity index (χ1n) is 6.70. The van der Waals surface area contributed by atoms with Crippen molar-refractivity contribution in [1.82, 2.24) is 0 Å². The first-order valence-corrected chi connectivity index (χ1v) is 6.70. The molecule has 1 rings (SSSR count). The van der Waals surface area contributed by atoms with E-state index in [1.165, 1.54) is 11.1 Å². The number of carboxylic acid groups (broad SMARTS) is 1. The minimum atomic E-state index is -0.701.